The number of carbonyl (C=O) groups is 3. The van der Waals surface area contributed by atoms with E-state index in [1.807, 2.05) is 78.9 Å². The van der Waals surface area contributed by atoms with Crippen molar-refractivity contribution in [2.75, 3.05) is 32.8 Å². The molecule has 0 unspecified atom stereocenters. The van der Waals surface area contributed by atoms with Crippen LogP contribution in [0, 0.1) is 10.1 Å². The number of benzene rings is 4. The van der Waals surface area contributed by atoms with Gasteiger partial charge >= 0.3 is 23.7 Å². The van der Waals surface area contributed by atoms with Gasteiger partial charge in [0.2, 0.25) is 0 Å². The van der Waals surface area contributed by atoms with Crippen LogP contribution in [0.15, 0.2) is 120 Å². The zero-order valence-corrected chi connectivity index (χ0v) is 32.6. The van der Waals surface area contributed by atoms with Crippen LogP contribution in [0.2, 0.25) is 0 Å². The number of nitro groups is 1. The van der Waals surface area contributed by atoms with Gasteiger partial charge in [-0.25, -0.2) is 9.59 Å². The van der Waals surface area contributed by atoms with Crippen molar-refractivity contribution < 1.29 is 52.8 Å². The molecule has 3 atom stereocenters. The number of carbonyl (C=O) groups excluding carboxylic acids is 2. The van der Waals surface area contributed by atoms with E-state index in [4.69, 9.17) is 33.5 Å². The zero-order valence-electron chi connectivity index (χ0n) is 32.6. The van der Waals surface area contributed by atoms with Crippen molar-refractivity contribution in [1.29, 1.82) is 0 Å². The number of non-ortho nitro benzene ring substituents is 1. The number of aliphatic carboxylic acids is 1. The van der Waals surface area contributed by atoms with Crippen LogP contribution >= 0.6 is 0 Å². The van der Waals surface area contributed by atoms with Gasteiger partial charge in [-0.05, 0) is 52.6 Å². The average molecular weight is 823 g/mol. The third-order valence-electron chi connectivity index (χ3n) is 9.78. The second-order valence-electron chi connectivity index (χ2n) is 13.5. The first-order valence-electron chi connectivity index (χ1n) is 18.8. The molecule has 17 nitrogen and oxygen atoms in total. The minimum Gasteiger partial charge on any atom is -0.497 e. The molecular weight excluding hydrogens is 780 g/mol. The van der Waals surface area contributed by atoms with Gasteiger partial charge in [0.1, 0.15) is 41.9 Å². The summed E-state index contributed by atoms with van der Waals surface area (Å²) in [6, 6.07) is 31.5. The van der Waals surface area contributed by atoms with Crippen LogP contribution in [-0.4, -0.2) is 77.3 Å². The van der Waals surface area contributed by atoms with Crippen LogP contribution in [0.25, 0.3) is 0 Å². The van der Waals surface area contributed by atoms with E-state index >= 15 is 0 Å². The number of ether oxygens (including phenoxy) is 6. The standard InChI is InChI=1S/C43H42N4O13/c1-55-33-16-10-30(11-17-33)43(29-6-4-3-5-7-29,31-12-18-34(56-2)19-13-31)60-35-26-38(59-36(35)27-58-40(50)21-20-39(48)49)46-24-22-37(44-41(46)51)45-42(52)57-25-23-28-8-14-32(15-9-28)47(53)54/h3-19,22,24,35-36,38H,20-21,23,25-27H2,1-2H3,(H,48,49)(H,44,45,51,52)/t35-,36+,38+/m0/s1. The minimum atomic E-state index is -1.32. The molecule has 60 heavy (non-hydrogen) atoms. The summed E-state index contributed by atoms with van der Waals surface area (Å²) in [5, 5.41) is 22.4. The lowest BCUT2D eigenvalue weighted by molar-refractivity contribution is -0.384. The number of amides is 1. The van der Waals surface area contributed by atoms with Crippen molar-refractivity contribution in [3.8, 4) is 11.5 Å². The Morgan fingerprint density at radius 3 is 2.05 bits per heavy atom. The molecule has 2 heterocycles. The largest absolute Gasteiger partial charge is 0.497 e. The van der Waals surface area contributed by atoms with E-state index in [0.29, 0.717) is 29.0 Å². The zero-order chi connectivity index (χ0) is 42.6. The van der Waals surface area contributed by atoms with Crippen LogP contribution in [0.3, 0.4) is 0 Å². The summed E-state index contributed by atoms with van der Waals surface area (Å²) in [5.41, 5.74) is 0.748. The first-order chi connectivity index (χ1) is 29.0. The number of nitrogens with zero attached hydrogens (tertiary/aromatic N) is 3. The number of hydrogen-bond donors (Lipinski definition) is 2. The van der Waals surface area contributed by atoms with Crippen molar-refractivity contribution in [2.24, 2.45) is 0 Å². The van der Waals surface area contributed by atoms with Crippen molar-refractivity contribution in [3.05, 3.63) is 158 Å². The first kappa shape index (κ1) is 42.5. The van der Waals surface area contributed by atoms with Crippen molar-refractivity contribution in [2.45, 2.75) is 49.7 Å². The molecule has 312 valence electrons. The average Bonchev–Trinajstić information content (AvgIpc) is 3.66. The third-order valence-corrected chi connectivity index (χ3v) is 9.78. The number of rotatable bonds is 18. The monoisotopic (exact) mass is 822 g/mol. The normalized spacial score (nSPS) is 16.1. The molecule has 5 aromatic rings. The van der Waals surface area contributed by atoms with Gasteiger partial charge in [0.15, 0.2) is 0 Å². The summed E-state index contributed by atoms with van der Waals surface area (Å²) in [5.74, 6) is -0.764. The molecule has 0 bridgehead atoms. The van der Waals surface area contributed by atoms with Crippen molar-refractivity contribution in [1.82, 2.24) is 9.55 Å². The maximum atomic E-state index is 13.5. The van der Waals surface area contributed by atoms with Gasteiger partial charge in [-0.3, -0.25) is 29.6 Å². The van der Waals surface area contributed by atoms with Gasteiger partial charge in [0, 0.05) is 31.2 Å². The predicted octanol–water partition coefficient (Wildman–Crippen LogP) is 6.03. The topological polar surface area (TPSA) is 217 Å². The van der Waals surface area contributed by atoms with Gasteiger partial charge in [-0.1, -0.05) is 66.7 Å². The molecule has 1 amide bonds. The highest BCUT2D eigenvalue weighted by molar-refractivity contribution is 5.83. The van der Waals surface area contributed by atoms with E-state index in [1.54, 1.807) is 26.4 Å². The van der Waals surface area contributed by atoms with Crippen LogP contribution in [0.4, 0.5) is 16.3 Å². The number of nitrogens with one attached hydrogen (secondary N) is 1. The highest BCUT2D eigenvalue weighted by Crippen LogP contribution is 2.45. The SMILES string of the molecule is COc1ccc(C(O[C@H]2C[C@H](n3ccc(NC(=O)OCCc4ccc([N+](=O)[O-])cc4)nc3=O)O[C@@H]2COC(=O)CCC(=O)O)(c2ccccc2)c2ccc(OC)cc2)cc1. The number of esters is 1. The fourth-order valence-electron chi connectivity index (χ4n) is 6.75. The molecule has 17 heteroatoms. The Morgan fingerprint density at radius 1 is 0.867 bits per heavy atom. The fourth-order valence-corrected chi connectivity index (χ4v) is 6.75. The molecular formula is C43H42N4O13. The number of carboxylic acids is 1. The van der Waals surface area contributed by atoms with Gasteiger partial charge in [-0.2, -0.15) is 4.98 Å². The predicted molar refractivity (Wildman–Crippen MR) is 214 cm³/mol. The van der Waals surface area contributed by atoms with Crippen LogP contribution in [0.5, 0.6) is 11.5 Å². The second-order valence-corrected chi connectivity index (χ2v) is 13.5. The van der Waals surface area contributed by atoms with Gasteiger partial charge in [-0.15, -0.1) is 0 Å². The molecule has 2 N–H and O–H groups in total. The summed E-state index contributed by atoms with van der Waals surface area (Å²) in [7, 11) is 3.13. The molecule has 6 rings (SSSR count). The van der Waals surface area contributed by atoms with Crippen molar-refractivity contribution in [3.63, 3.8) is 0 Å². The van der Waals surface area contributed by atoms with Crippen LogP contribution in [-0.2, 0) is 40.6 Å². The molecule has 0 saturated carbocycles. The molecule has 4 aromatic carbocycles. The quantitative estimate of drug-likeness (QED) is 0.0447. The van der Waals surface area contributed by atoms with E-state index in [1.165, 1.54) is 29.0 Å². The number of aromatic nitrogens is 2. The number of nitro benzene ring substituents is 1. The molecule has 1 aliphatic heterocycles. The molecule has 0 spiro atoms. The van der Waals surface area contributed by atoms with E-state index in [0.717, 1.165) is 11.1 Å². The molecule has 1 aliphatic rings. The highest BCUT2D eigenvalue weighted by Gasteiger charge is 2.47. The van der Waals surface area contributed by atoms with Gasteiger partial charge in [0.05, 0.1) is 44.7 Å². The summed E-state index contributed by atoms with van der Waals surface area (Å²) < 4.78 is 36.6. The molecule has 1 aromatic heterocycles. The maximum Gasteiger partial charge on any atom is 0.412 e. The molecule has 1 fully saturated rings. The Bertz CT molecular complexity index is 2270. The molecule has 0 radical (unpaired) electrons. The number of carboxylic acid groups (broad SMARTS) is 1. The third kappa shape index (κ3) is 10.3. The summed E-state index contributed by atoms with van der Waals surface area (Å²) in [6.45, 7) is -0.374. The van der Waals surface area contributed by atoms with Gasteiger partial charge in [0.25, 0.3) is 5.69 Å². The fraction of sp³-hybridized carbons (Fsp3) is 0.279. The van der Waals surface area contributed by atoms with E-state index < -0.39 is 59.1 Å². The summed E-state index contributed by atoms with van der Waals surface area (Å²) in [4.78, 5) is 64.3. The maximum absolute atomic E-state index is 13.5. The second kappa shape index (κ2) is 19.6. The summed E-state index contributed by atoms with van der Waals surface area (Å²) in [6.07, 6.45) is -2.71. The Kier molecular flexibility index (Phi) is 13.9. The molecule has 0 aliphatic carbocycles. The Labute approximate surface area is 343 Å². The minimum absolute atomic E-state index is 0.0438. The first-order valence-corrected chi connectivity index (χ1v) is 18.8. The lowest BCUT2D eigenvalue weighted by Crippen LogP contribution is -2.41. The van der Waals surface area contributed by atoms with E-state index in [2.05, 4.69) is 10.3 Å². The molecule has 1 saturated heterocycles. The van der Waals surface area contributed by atoms with Crippen LogP contribution in [0.1, 0.15) is 47.7 Å². The summed E-state index contributed by atoms with van der Waals surface area (Å²) >= 11 is 0. The number of methoxy groups -OCH3 is 2. The number of anilines is 1. The highest BCUT2D eigenvalue weighted by atomic mass is 16.6. The van der Waals surface area contributed by atoms with E-state index in [-0.39, 0.29) is 37.6 Å². The smallest absolute Gasteiger partial charge is 0.412 e. The Balaban J connectivity index is 1.27. The Morgan fingerprint density at radius 2 is 1.48 bits per heavy atom. The lowest BCUT2D eigenvalue weighted by atomic mass is 9.79. The van der Waals surface area contributed by atoms with Gasteiger partial charge < -0.3 is 33.5 Å². The van der Waals surface area contributed by atoms with E-state index in [9.17, 15) is 29.3 Å². The number of hydrogen-bond acceptors (Lipinski definition) is 13. The van der Waals surface area contributed by atoms with Crippen LogP contribution < -0.4 is 20.5 Å². The Hall–Kier alpha value is -7.11. The lowest BCUT2D eigenvalue weighted by Gasteiger charge is -2.39. The van der Waals surface area contributed by atoms with Crippen molar-refractivity contribution >= 4 is 29.5 Å².